The maximum atomic E-state index is 12.0. The first-order chi connectivity index (χ1) is 11.5. The van der Waals surface area contributed by atoms with Gasteiger partial charge in [-0.1, -0.05) is 35.3 Å². The van der Waals surface area contributed by atoms with Crippen LogP contribution >= 0.6 is 35.0 Å². The molecule has 0 aromatic heterocycles. The SMILES string of the molecule is O=C(NCCSCc1c(Cl)cccc1Cl)c1cccc([N+](=O)[O-])c1. The molecule has 0 aliphatic carbocycles. The summed E-state index contributed by atoms with van der Waals surface area (Å²) < 4.78 is 0. The van der Waals surface area contributed by atoms with Crippen LogP contribution in [-0.4, -0.2) is 23.1 Å². The summed E-state index contributed by atoms with van der Waals surface area (Å²) in [5.74, 6) is 0.975. The zero-order chi connectivity index (χ0) is 17.5. The van der Waals surface area contributed by atoms with Crippen LogP contribution in [0.15, 0.2) is 42.5 Å². The van der Waals surface area contributed by atoms with E-state index >= 15 is 0 Å². The van der Waals surface area contributed by atoms with Gasteiger partial charge in [0, 0.05) is 45.8 Å². The topological polar surface area (TPSA) is 72.2 Å². The van der Waals surface area contributed by atoms with Crippen molar-refractivity contribution in [2.75, 3.05) is 12.3 Å². The summed E-state index contributed by atoms with van der Waals surface area (Å²) in [4.78, 5) is 22.2. The number of nitro benzene ring substituents is 1. The number of non-ortho nitro benzene ring substituents is 1. The first-order valence-corrected chi connectivity index (χ1v) is 8.93. The van der Waals surface area contributed by atoms with Crippen LogP contribution in [0.25, 0.3) is 0 Å². The molecular weight excluding hydrogens is 371 g/mol. The van der Waals surface area contributed by atoms with Gasteiger partial charge in [-0.15, -0.1) is 0 Å². The van der Waals surface area contributed by atoms with Crippen molar-refractivity contribution in [2.24, 2.45) is 0 Å². The normalized spacial score (nSPS) is 10.4. The number of carbonyl (C=O) groups excluding carboxylic acids is 1. The predicted molar refractivity (Wildman–Crippen MR) is 98.1 cm³/mol. The number of carbonyl (C=O) groups is 1. The number of nitrogens with zero attached hydrogens (tertiary/aromatic N) is 1. The van der Waals surface area contributed by atoms with E-state index in [0.717, 1.165) is 5.56 Å². The second-order valence-electron chi connectivity index (χ2n) is 4.82. The Labute approximate surface area is 153 Å². The molecule has 24 heavy (non-hydrogen) atoms. The molecule has 5 nitrogen and oxygen atoms in total. The van der Waals surface area contributed by atoms with Crippen LogP contribution in [0.5, 0.6) is 0 Å². The monoisotopic (exact) mass is 384 g/mol. The Morgan fingerprint density at radius 1 is 1.17 bits per heavy atom. The van der Waals surface area contributed by atoms with Crippen molar-refractivity contribution in [2.45, 2.75) is 5.75 Å². The number of thioether (sulfide) groups is 1. The highest BCUT2D eigenvalue weighted by Gasteiger charge is 2.11. The molecule has 0 atom stereocenters. The zero-order valence-corrected chi connectivity index (χ0v) is 14.8. The quantitative estimate of drug-likeness (QED) is 0.431. The van der Waals surface area contributed by atoms with Crippen LogP contribution in [0.4, 0.5) is 5.69 Å². The van der Waals surface area contributed by atoms with Crippen molar-refractivity contribution in [3.8, 4) is 0 Å². The maximum Gasteiger partial charge on any atom is 0.270 e. The number of hydrogen-bond acceptors (Lipinski definition) is 4. The van der Waals surface area contributed by atoms with E-state index in [1.807, 2.05) is 0 Å². The third-order valence-electron chi connectivity index (χ3n) is 3.16. The summed E-state index contributed by atoms with van der Waals surface area (Å²) in [5.41, 5.74) is 1.03. The van der Waals surface area contributed by atoms with Gasteiger partial charge in [-0.2, -0.15) is 11.8 Å². The van der Waals surface area contributed by atoms with E-state index in [4.69, 9.17) is 23.2 Å². The average molecular weight is 385 g/mol. The second-order valence-corrected chi connectivity index (χ2v) is 6.74. The van der Waals surface area contributed by atoms with E-state index in [0.29, 0.717) is 28.1 Å². The third-order valence-corrected chi connectivity index (χ3v) is 4.85. The first-order valence-electron chi connectivity index (χ1n) is 7.02. The molecule has 0 unspecified atom stereocenters. The lowest BCUT2D eigenvalue weighted by atomic mass is 10.2. The standard InChI is InChI=1S/C16H14Cl2N2O3S/c17-14-5-2-6-15(18)13(14)10-24-8-7-19-16(21)11-3-1-4-12(9-11)20(22)23/h1-6,9H,7-8,10H2,(H,19,21). The smallest absolute Gasteiger partial charge is 0.270 e. The molecule has 0 fully saturated rings. The summed E-state index contributed by atoms with van der Waals surface area (Å²) in [6, 6.07) is 11.0. The van der Waals surface area contributed by atoms with Gasteiger partial charge >= 0.3 is 0 Å². The Morgan fingerprint density at radius 3 is 2.50 bits per heavy atom. The van der Waals surface area contributed by atoms with Crippen molar-refractivity contribution in [1.82, 2.24) is 5.32 Å². The van der Waals surface area contributed by atoms with E-state index in [1.165, 1.54) is 18.2 Å². The fraction of sp³-hybridized carbons (Fsp3) is 0.188. The molecule has 0 saturated heterocycles. The van der Waals surface area contributed by atoms with Crippen molar-refractivity contribution < 1.29 is 9.72 Å². The Morgan fingerprint density at radius 2 is 1.83 bits per heavy atom. The van der Waals surface area contributed by atoms with Gasteiger partial charge in [0.15, 0.2) is 0 Å². The van der Waals surface area contributed by atoms with Gasteiger partial charge in [-0.3, -0.25) is 14.9 Å². The molecular formula is C16H14Cl2N2O3S. The highest BCUT2D eigenvalue weighted by atomic mass is 35.5. The number of halogens is 2. The molecule has 0 bridgehead atoms. The molecule has 0 spiro atoms. The molecule has 0 aliphatic heterocycles. The van der Waals surface area contributed by atoms with Crippen molar-refractivity contribution >= 4 is 46.6 Å². The van der Waals surface area contributed by atoms with E-state index in [9.17, 15) is 14.9 Å². The Balaban J connectivity index is 1.79. The van der Waals surface area contributed by atoms with Crippen LogP contribution < -0.4 is 5.32 Å². The van der Waals surface area contributed by atoms with Gasteiger partial charge in [0.2, 0.25) is 0 Å². The fourth-order valence-electron chi connectivity index (χ4n) is 1.94. The molecule has 0 aliphatic rings. The second kappa shape index (κ2) is 8.92. The Kier molecular flexibility index (Phi) is 6.90. The maximum absolute atomic E-state index is 12.0. The van der Waals surface area contributed by atoms with Gasteiger partial charge in [0.1, 0.15) is 0 Å². The highest BCUT2D eigenvalue weighted by Crippen LogP contribution is 2.27. The van der Waals surface area contributed by atoms with Crippen LogP contribution in [0.1, 0.15) is 15.9 Å². The lowest BCUT2D eigenvalue weighted by molar-refractivity contribution is -0.384. The molecule has 8 heteroatoms. The van der Waals surface area contributed by atoms with Crippen molar-refractivity contribution in [3.63, 3.8) is 0 Å². The summed E-state index contributed by atoms with van der Waals surface area (Å²) >= 11 is 13.8. The minimum Gasteiger partial charge on any atom is -0.351 e. The van der Waals surface area contributed by atoms with Crippen LogP contribution in [0.3, 0.4) is 0 Å². The summed E-state index contributed by atoms with van der Waals surface area (Å²) in [7, 11) is 0. The van der Waals surface area contributed by atoms with E-state index < -0.39 is 4.92 Å². The number of benzene rings is 2. The number of rotatable bonds is 7. The van der Waals surface area contributed by atoms with Crippen LogP contribution in [-0.2, 0) is 5.75 Å². The molecule has 0 radical (unpaired) electrons. The predicted octanol–water partition coefficient (Wildman–Crippen LogP) is 4.56. The Hall–Kier alpha value is -1.76. The van der Waals surface area contributed by atoms with Gasteiger partial charge in [0.25, 0.3) is 11.6 Å². The zero-order valence-electron chi connectivity index (χ0n) is 12.5. The largest absolute Gasteiger partial charge is 0.351 e. The summed E-state index contributed by atoms with van der Waals surface area (Å²) in [5, 5.41) is 14.7. The molecule has 2 aromatic carbocycles. The minimum absolute atomic E-state index is 0.106. The number of nitro groups is 1. The number of nitrogens with one attached hydrogen (secondary N) is 1. The van der Waals surface area contributed by atoms with Crippen LogP contribution in [0, 0.1) is 10.1 Å². The van der Waals surface area contributed by atoms with E-state index in [2.05, 4.69) is 5.32 Å². The molecule has 2 rings (SSSR count). The lowest BCUT2D eigenvalue weighted by Crippen LogP contribution is -2.25. The average Bonchev–Trinajstić information content (AvgIpc) is 2.56. The molecule has 1 N–H and O–H groups in total. The van der Waals surface area contributed by atoms with Gasteiger partial charge < -0.3 is 5.32 Å². The van der Waals surface area contributed by atoms with Gasteiger partial charge in [-0.05, 0) is 23.8 Å². The Bertz CT molecular complexity index is 736. The lowest BCUT2D eigenvalue weighted by Gasteiger charge is -2.08. The number of hydrogen-bond donors (Lipinski definition) is 1. The minimum atomic E-state index is -0.528. The first kappa shape index (κ1) is 18.6. The third kappa shape index (κ3) is 5.12. The van der Waals surface area contributed by atoms with Gasteiger partial charge in [0.05, 0.1) is 4.92 Å². The van der Waals surface area contributed by atoms with Crippen molar-refractivity contribution in [1.29, 1.82) is 0 Å². The summed E-state index contributed by atoms with van der Waals surface area (Å²) in [6.45, 7) is 0.439. The molecule has 0 saturated carbocycles. The molecule has 1 amide bonds. The van der Waals surface area contributed by atoms with Crippen molar-refractivity contribution in [3.05, 3.63) is 73.8 Å². The molecule has 0 heterocycles. The van der Waals surface area contributed by atoms with E-state index in [-0.39, 0.29) is 17.2 Å². The highest BCUT2D eigenvalue weighted by molar-refractivity contribution is 7.98. The van der Waals surface area contributed by atoms with Gasteiger partial charge in [-0.25, -0.2) is 0 Å². The molecule has 2 aromatic rings. The van der Waals surface area contributed by atoms with Crippen LogP contribution in [0.2, 0.25) is 10.0 Å². The molecule has 126 valence electrons. The number of amides is 1. The summed E-state index contributed by atoms with van der Waals surface area (Å²) in [6.07, 6.45) is 0. The fourth-order valence-corrected chi connectivity index (χ4v) is 3.54. The van der Waals surface area contributed by atoms with E-state index in [1.54, 1.807) is 36.0 Å².